The van der Waals surface area contributed by atoms with E-state index in [-0.39, 0.29) is 0 Å². The molecule has 96 valence electrons. The van der Waals surface area contributed by atoms with Crippen LogP contribution in [0.5, 0.6) is 0 Å². The highest BCUT2D eigenvalue weighted by Crippen LogP contribution is 2.70. The second-order valence-electron chi connectivity index (χ2n) is 6.46. The van der Waals surface area contributed by atoms with Gasteiger partial charge in [-0.25, -0.2) is 0 Å². The summed E-state index contributed by atoms with van der Waals surface area (Å²) in [7, 11) is 0. The van der Waals surface area contributed by atoms with E-state index in [9.17, 15) is 0 Å². The Morgan fingerprint density at radius 1 is 0.650 bits per heavy atom. The van der Waals surface area contributed by atoms with Gasteiger partial charge in [-0.1, -0.05) is 48.5 Å². The normalized spacial score (nSPS) is 32.6. The molecule has 0 N–H and O–H groups in total. The minimum atomic E-state index is 0.370. The Morgan fingerprint density at radius 2 is 1.10 bits per heavy atom. The summed E-state index contributed by atoms with van der Waals surface area (Å²) in [5.41, 5.74) is 3.01. The first kappa shape index (κ1) is 9.95. The maximum absolute atomic E-state index is 6.32. The lowest BCUT2D eigenvalue weighted by atomic mass is 9.83. The topological polar surface area (TPSA) is 9.23 Å². The second-order valence-corrected chi connectivity index (χ2v) is 6.46. The van der Waals surface area contributed by atoms with Crippen molar-refractivity contribution in [2.75, 3.05) is 0 Å². The molecule has 1 aliphatic carbocycles. The molecule has 0 aromatic heterocycles. The standard InChI is InChI=1S/C19H14O/c1-3-7-12-10(5-1)11-6-2-4-8-13(11)17-16(12)18-14-9-15(14)19(17)20-18/h1-8,14-15,18-19H,9H2/t14-,15+,18-,19+. The first-order chi connectivity index (χ1) is 9.93. The quantitative estimate of drug-likeness (QED) is 0.528. The van der Waals surface area contributed by atoms with Gasteiger partial charge < -0.3 is 4.74 Å². The number of fused-ring (bicyclic) bond motifs is 13. The Balaban J connectivity index is 1.90. The summed E-state index contributed by atoms with van der Waals surface area (Å²) in [6.45, 7) is 0. The second kappa shape index (κ2) is 3.07. The number of rotatable bonds is 0. The zero-order valence-electron chi connectivity index (χ0n) is 11.0. The molecule has 3 aromatic rings. The van der Waals surface area contributed by atoms with Crippen LogP contribution in [0.15, 0.2) is 48.5 Å². The summed E-state index contributed by atoms with van der Waals surface area (Å²) in [6.07, 6.45) is 2.11. The molecule has 2 fully saturated rings. The van der Waals surface area contributed by atoms with Crippen molar-refractivity contribution in [1.82, 2.24) is 0 Å². The fourth-order valence-corrected chi connectivity index (χ4v) is 4.66. The van der Waals surface area contributed by atoms with Crippen molar-refractivity contribution >= 4 is 21.5 Å². The molecule has 0 amide bonds. The molecule has 0 unspecified atom stereocenters. The molecule has 20 heavy (non-hydrogen) atoms. The predicted octanol–water partition coefficient (Wildman–Crippen LogP) is 4.76. The fourth-order valence-electron chi connectivity index (χ4n) is 4.66. The van der Waals surface area contributed by atoms with Crippen LogP contribution < -0.4 is 0 Å². The minimum absolute atomic E-state index is 0.370. The zero-order chi connectivity index (χ0) is 12.8. The summed E-state index contributed by atoms with van der Waals surface area (Å²) in [5.74, 6) is 1.61. The van der Waals surface area contributed by atoms with E-state index in [0.717, 1.165) is 11.8 Å². The fraction of sp³-hybridized carbons (Fsp3) is 0.263. The average molecular weight is 258 g/mol. The third-order valence-electron chi connectivity index (χ3n) is 5.55. The molecule has 1 saturated heterocycles. The average Bonchev–Trinajstić information content (AvgIpc) is 3.12. The van der Waals surface area contributed by atoms with Gasteiger partial charge >= 0.3 is 0 Å². The molecule has 0 spiro atoms. The van der Waals surface area contributed by atoms with Crippen LogP contribution >= 0.6 is 0 Å². The van der Waals surface area contributed by atoms with E-state index in [1.807, 2.05) is 0 Å². The van der Waals surface area contributed by atoms with E-state index in [4.69, 9.17) is 4.74 Å². The van der Waals surface area contributed by atoms with Crippen molar-refractivity contribution < 1.29 is 4.74 Å². The molecule has 1 saturated carbocycles. The van der Waals surface area contributed by atoms with Gasteiger partial charge in [-0.3, -0.25) is 0 Å². The molecule has 6 rings (SSSR count). The molecular weight excluding hydrogens is 244 g/mol. The lowest BCUT2D eigenvalue weighted by Gasteiger charge is -2.17. The Labute approximate surface area is 117 Å². The van der Waals surface area contributed by atoms with Crippen LogP contribution in [0.4, 0.5) is 0 Å². The SMILES string of the molecule is c1ccc2c(c1)c1c(c3ccccc32)[C@@H]2O[C@H]1[C@H]1C[C@H]12. The van der Waals surface area contributed by atoms with Gasteiger partial charge in [0, 0.05) is 0 Å². The predicted molar refractivity (Wildman–Crippen MR) is 79.6 cm³/mol. The van der Waals surface area contributed by atoms with Gasteiger partial charge in [0.25, 0.3) is 0 Å². The van der Waals surface area contributed by atoms with Crippen molar-refractivity contribution in [2.45, 2.75) is 18.6 Å². The highest BCUT2D eigenvalue weighted by molar-refractivity contribution is 6.11. The van der Waals surface area contributed by atoms with E-state index >= 15 is 0 Å². The van der Waals surface area contributed by atoms with E-state index in [1.54, 1.807) is 0 Å². The summed E-state index contributed by atoms with van der Waals surface area (Å²) in [6, 6.07) is 17.7. The highest BCUT2D eigenvalue weighted by Gasteiger charge is 2.62. The Hall–Kier alpha value is -1.86. The van der Waals surface area contributed by atoms with Gasteiger partial charge in [0.05, 0.1) is 12.2 Å². The molecule has 1 heteroatoms. The van der Waals surface area contributed by atoms with Gasteiger partial charge in [-0.2, -0.15) is 0 Å². The highest BCUT2D eigenvalue weighted by atomic mass is 16.5. The number of hydrogen-bond donors (Lipinski definition) is 0. The summed E-state index contributed by atoms with van der Waals surface area (Å²) in [5, 5.41) is 5.60. The summed E-state index contributed by atoms with van der Waals surface area (Å²) >= 11 is 0. The smallest absolute Gasteiger partial charge is 0.0875 e. The molecule has 4 atom stereocenters. The van der Waals surface area contributed by atoms with Crippen LogP contribution in [0, 0.1) is 11.8 Å². The Bertz CT molecular complexity index is 822. The Morgan fingerprint density at radius 3 is 1.60 bits per heavy atom. The largest absolute Gasteiger partial charge is 0.365 e. The summed E-state index contributed by atoms with van der Waals surface area (Å²) < 4.78 is 6.32. The van der Waals surface area contributed by atoms with Crippen molar-refractivity contribution in [3.8, 4) is 0 Å². The van der Waals surface area contributed by atoms with Crippen LogP contribution in [-0.4, -0.2) is 0 Å². The van der Waals surface area contributed by atoms with Gasteiger partial charge in [0.15, 0.2) is 0 Å². The molecule has 3 aliphatic rings. The monoisotopic (exact) mass is 258 g/mol. The van der Waals surface area contributed by atoms with Crippen molar-refractivity contribution in [3.63, 3.8) is 0 Å². The van der Waals surface area contributed by atoms with E-state index in [0.29, 0.717) is 12.2 Å². The van der Waals surface area contributed by atoms with Crippen molar-refractivity contribution in [3.05, 3.63) is 59.7 Å². The maximum atomic E-state index is 6.32. The number of ether oxygens (including phenoxy) is 1. The third-order valence-corrected chi connectivity index (χ3v) is 5.55. The van der Waals surface area contributed by atoms with Crippen molar-refractivity contribution in [2.24, 2.45) is 11.8 Å². The van der Waals surface area contributed by atoms with Gasteiger partial charge in [-0.15, -0.1) is 0 Å². The van der Waals surface area contributed by atoms with E-state index in [2.05, 4.69) is 48.5 Å². The van der Waals surface area contributed by atoms with Crippen LogP contribution in [0.2, 0.25) is 0 Å². The minimum Gasteiger partial charge on any atom is -0.365 e. The van der Waals surface area contributed by atoms with Crippen LogP contribution in [0.25, 0.3) is 21.5 Å². The van der Waals surface area contributed by atoms with Gasteiger partial charge in [-0.05, 0) is 50.9 Å². The molecular formula is C19H14O. The Kier molecular flexibility index (Phi) is 1.53. The molecule has 3 aromatic carbocycles. The molecule has 0 radical (unpaired) electrons. The molecule has 2 aliphatic heterocycles. The van der Waals surface area contributed by atoms with Crippen LogP contribution in [-0.2, 0) is 4.74 Å². The number of benzene rings is 3. The molecule has 2 heterocycles. The van der Waals surface area contributed by atoms with E-state index in [1.165, 1.54) is 39.1 Å². The van der Waals surface area contributed by atoms with Crippen LogP contribution in [0.3, 0.4) is 0 Å². The zero-order valence-corrected chi connectivity index (χ0v) is 11.0. The maximum Gasteiger partial charge on any atom is 0.0875 e. The van der Waals surface area contributed by atoms with Crippen molar-refractivity contribution in [1.29, 1.82) is 0 Å². The summed E-state index contributed by atoms with van der Waals surface area (Å²) in [4.78, 5) is 0. The molecule has 2 bridgehead atoms. The lowest BCUT2D eigenvalue weighted by molar-refractivity contribution is 0.0400. The number of hydrogen-bond acceptors (Lipinski definition) is 1. The van der Waals surface area contributed by atoms with Gasteiger partial charge in [0.1, 0.15) is 0 Å². The van der Waals surface area contributed by atoms with Crippen LogP contribution in [0.1, 0.15) is 29.8 Å². The molecule has 1 nitrogen and oxygen atoms in total. The first-order valence-corrected chi connectivity index (χ1v) is 7.52. The lowest BCUT2D eigenvalue weighted by Crippen LogP contribution is -2.03. The first-order valence-electron chi connectivity index (χ1n) is 7.52. The van der Waals surface area contributed by atoms with Gasteiger partial charge in [0.2, 0.25) is 0 Å². The van der Waals surface area contributed by atoms with E-state index < -0.39 is 0 Å². The third kappa shape index (κ3) is 0.958.